The van der Waals surface area contributed by atoms with Crippen molar-refractivity contribution in [1.82, 2.24) is 20.1 Å². The highest BCUT2D eigenvalue weighted by molar-refractivity contribution is 7.16. The van der Waals surface area contributed by atoms with E-state index in [-0.39, 0.29) is 18.0 Å². The molecule has 3 heterocycles. The molecule has 0 spiro atoms. The van der Waals surface area contributed by atoms with E-state index >= 15 is 0 Å². The maximum Gasteiger partial charge on any atom is 0.345 e. The number of hydrogen-bond acceptors (Lipinski definition) is 6. The van der Waals surface area contributed by atoms with Crippen molar-refractivity contribution in [3.05, 3.63) is 92.8 Å². The number of fused-ring (bicyclic) bond motifs is 3. The van der Waals surface area contributed by atoms with Crippen LogP contribution in [0.15, 0.2) is 59.6 Å². The number of urea groups is 1. The molecule has 11 heteroatoms. The number of carboxylic acid groups (broad SMARTS) is 1. The Morgan fingerprint density at radius 2 is 1.94 bits per heavy atom. The summed E-state index contributed by atoms with van der Waals surface area (Å²) in [5.41, 5.74) is 3.59. The zero-order valence-electron chi connectivity index (χ0n) is 18.4. The standard InChI is InChI=1S/C24H19ClN6O3S/c1-13-5-4-6-14(9-13)28-24(34)27-12-20-30-29-19-11-26-21(15-7-2-3-8-17(15)25)16-10-18(23(32)33)35-22(16)31(19)20/h2-10H,11-12H2,1H3,(H,32,33)(H2,27,28,34). The molecular weight excluding hydrogens is 488 g/mol. The summed E-state index contributed by atoms with van der Waals surface area (Å²) in [6.07, 6.45) is 0. The Morgan fingerprint density at radius 3 is 2.71 bits per heavy atom. The van der Waals surface area contributed by atoms with Crippen LogP contribution in [-0.4, -0.2) is 37.6 Å². The van der Waals surface area contributed by atoms with Crippen molar-refractivity contribution in [3.8, 4) is 5.00 Å². The first kappa shape index (κ1) is 22.8. The van der Waals surface area contributed by atoms with Gasteiger partial charge in [0.25, 0.3) is 0 Å². The van der Waals surface area contributed by atoms with Crippen LogP contribution in [0.4, 0.5) is 10.5 Å². The van der Waals surface area contributed by atoms with Gasteiger partial charge in [-0.3, -0.25) is 9.56 Å². The number of aromatic nitrogens is 3. The third kappa shape index (κ3) is 4.53. The third-order valence-electron chi connectivity index (χ3n) is 5.37. The van der Waals surface area contributed by atoms with E-state index in [9.17, 15) is 14.7 Å². The zero-order chi connectivity index (χ0) is 24.5. The van der Waals surface area contributed by atoms with Gasteiger partial charge in [-0.25, -0.2) is 9.59 Å². The molecule has 0 fully saturated rings. The number of anilines is 1. The van der Waals surface area contributed by atoms with Crippen LogP contribution in [0, 0.1) is 6.92 Å². The van der Waals surface area contributed by atoms with Gasteiger partial charge in [-0.05, 0) is 36.8 Å². The number of amides is 2. The summed E-state index contributed by atoms with van der Waals surface area (Å²) in [7, 11) is 0. The molecule has 2 amide bonds. The van der Waals surface area contributed by atoms with Crippen molar-refractivity contribution in [1.29, 1.82) is 0 Å². The second-order valence-corrected chi connectivity index (χ2v) is 9.26. The molecule has 176 valence electrons. The van der Waals surface area contributed by atoms with Crippen LogP contribution in [0.2, 0.25) is 5.02 Å². The number of carbonyl (C=O) groups is 2. The molecule has 9 nitrogen and oxygen atoms in total. The Kier molecular flexibility index (Phi) is 6.06. The Labute approximate surface area is 209 Å². The highest BCUT2D eigenvalue weighted by Crippen LogP contribution is 2.34. The molecule has 5 rings (SSSR count). The van der Waals surface area contributed by atoms with Crippen LogP contribution < -0.4 is 10.6 Å². The average molecular weight is 507 g/mol. The first-order valence-electron chi connectivity index (χ1n) is 10.6. The van der Waals surface area contributed by atoms with E-state index in [1.165, 1.54) is 0 Å². The molecule has 3 N–H and O–H groups in total. The van der Waals surface area contributed by atoms with E-state index in [0.717, 1.165) is 16.9 Å². The number of thiophene rings is 1. The lowest BCUT2D eigenvalue weighted by Crippen LogP contribution is -2.29. The average Bonchev–Trinajstić information content (AvgIpc) is 3.40. The molecule has 1 aliphatic rings. The summed E-state index contributed by atoms with van der Waals surface area (Å²) < 4.78 is 1.76. The minimum absolute atomic E-state index is 0.0752. The number of nitrogens with zero attached hydrogens (tertiary/aromatic N) is 4. The second-order valence-electron chi connectivity index (χ2n) is 7.82. The normalized spacial score (nSPS) is 12.2. The minimum atomic E-state index is -1.05. The second kappa shape index (κ2) is 9.32. The number of carboxylic acids is 1. The zero-order valence-corrected chi connectivity index (χ0v) is 20.0. The third-order valence-corrected chi connectivity index (χ3v) is 6.81. The van der Waals surface area contributed by atoms with Gasteiger partial charge in [0.15, 0.2) is 11.6 Å². The van der Waals surface area contributed by atoms with Gasteiger partial charge in [0.2, 0.25) is 0 Å². The van der Waals surface area contributed by atoms with E-state index in [2.05, 4.69) is 20.8 Å². The van der Waals surface area contributed by atoms with Gasteiger partial charge in [0.1, 0.15) is 16.4 Å². The summed E-state index contributed by atoms with van der Waals surface area (Å²) in [5, 5.41) is 24.8. The van der Waals surface area contributed by atoms with Crippen LogP contribution in [-0.2, 0) is 13.1 Å². The molecule has 0 atom stereocenters. The van der Waals surface area contributed by atoms with Gasteiger partial charge in [-0.2, -0.15) is 0 Å². The number of rotatable bonds is 5. The van der Waals surface area contributed by atoms with Crippen molar-refractivity contribution in [2.75, 3.05) is 5.32 Å². The molecule has 2 aromatic heterocycles. The van der Waals surface area contributed by atoms with Gasteiger partial charge in [-0.15, -0.1) is 21.5 Å². The molecule has 0 saturated heterocycles. The lowest BCUT2D eigenvalue weighted by molar-refractivity contribution is 0.0702. The predicted molar refractivity (Wildman–Crippen MR) is 134 cm³/mol. The van der Waals surface area contributed by atoms with Crippen molar-refractivity contribution >= 4 is 46.3 Å². The topological polar surface area (TPSA) is 122 Å². The number of carbonyl (C=O) groups excluding carboxylic acids is 1. The molecule has 0 bridgehead atoms. The van der Waals surface area contributed by atoms with Gasteiger partial charge in [-0.1, -0.05) is 41.9 Å². The highest BCUT2D eigenvalue weighted by Gasteiger charge is 2.28. The lowest BCUT2D eigenvalue weighted by Gasteiger charge is -2.11. The molecule has 2 aromatic carbocycles. The van der Waals surface area contributed by atoms with E-state index in [1.54, 1.807) is 22.8 Å². The minimum Gasteiger partial charge on any atom is -0.477 e. The van der Waals surface area contributed by atoms with Gasteiger partial charge < -0.3 is 15.7 Å². The molecule has 1 aliphatic heterocycles. The number of hydrogen-bond donors (Lipinski definition) is 3. The molecule has 35 heavy (non-hydrogen) atoms. The van der Waals surface area contributed by atoms with Crippen molar-refractivity contribution in [3.63, 3.8) is 0 Å². The van der Waals surface area contributed by atoms with Gasteiger partial charge in [0, 0.05) is 21.8 Å². The largest absolute Gasteiger partial charge is 0.477 e. The van der Waals surface area contributed by atoms with E-state index in [0.29, 0.717) is 44.2 Å². The van der Waals surface area contributed by atoms with Crippen molar-refractivity contribution in [2.24, 2.45) is 4.99 Å². The van der Waals surface area contributed by atoms with Crippen LogP contribution in [0.3, 0.4) is 0 Å². The van der Waals surface area contributed by atoms with Crippen LogP contribution in [0.1, 0.15) is 38.0 Å². The molecule has 4 aromatic rings. The maximum absolute atomic E-state index is 12.5. The smallest absolute Gasteiger partial charge is 0.345 e. The molecule has 0 radical (unpaired) electrons. The number of benzene rings is 2. The summed E-state index contributed by atoms with van der Waals surface area (Å²) in [6.45, 7) is 2.23. The fourth-order valence-electron chi connectivity index (χ4n) is 3.80. The lowest BCUT2D eigenvalue weighted by atomic mass is 10.0. The fourth-order valence-corrected chi connectivity index (χ4v) is 5.07. The van der Waals surface area contributed by atoms with Crippen LogP contribution in [0.25, 0.3) is 5.00 Å². The number of halogens is 1. The van der Waals surface area contributed by atoms with E-state index in [1.807, 2.05) is 43.3 Å². The number of aliphatic imine (C=N–C) groups is 1. The molecule has 0 saturated carbocycles. The first-order chi connectivity index (χ1) is 16.9. The van der Waals surface area contributed by atoms with Gasteiger partial charge >= 0.3 is 12.0 Å². The molecular formula is C24H19ClN6O3S. The van der Waals surface area contributed by atoms with Crippen LogP contribution >= 0.6 is 22.9 Å². The fraction of sp³-hybridized carbons (Fsp3) is 0.125. The van der Waals surface area contributed by atoms with Crippen molar-refractivity contribution < 1.29 is 14.7 Å². The Bertz CT molecular complexity index is 1490. The summed E-state index contributed by atoms with van der Waals surface area (Å²) in [4.78, 5) is 29.1. The summed E-state index contributed by atoms with van der Waals surface area (Å²) in [5.74, 6) is -0.0635. The Morgan fingerprint density at radius 1 is 1.11 bits per heavy atom. The highest BCUT2D eigenvalue weighted by atomic mass is 35.5. The van der Waals surface area contributed by atoms with Crippen LogP contribution in [0.5, 0.6) is 0 Å². The Hall–Kier alpha value is -4.02. The van der Waals surface area contributed by atoms with E-state index in [4.69, 9.17) is 16.6 Å². The SMILES string of the molecule is Cc1cccc(NC(=O)NCc2nnc3n2-c2sc(C(=O)O)cc2C(c2ccccc2Cl)=NC3)c1. The predicted octanol–water partition coefficient (Wildman–Crippen LogP) is 4.66. The van der Waals surface area contributed by atoms with E-state index < -0.39 is 12.0 Å². The van der Waals surface area contributed by atoms with Crippen molar-refractivity contribution in [2.45, 2.75) is 20.0 Å². The molecule has 0 unspecified atom stereocenters. The summed E-state index contributed by atoms with van der Waals surface area (Å²) >= 11 is 7.53. The number of aromatic carboxylic acids is 1. The monoisotopic (exact) mass is 506 g/mol. The quantitative estimate of drug-likeness (QED) is 0.363. The number of nitrogens with one attached hydrogen (secondary N) is 2. The first-order valence-corrected chi connectivity index (χ1v) is 11.8. The summed E-state index contributed by atoms with van der Waals surface area (Å²) in [6, 6.07) is 15.9. The molecule has 0 aliphatic carbocycles. The van der Waals surface area contributed by atoms with Gasteiger partial charge in [0.05, 0.1) is 12.3 Å². The Balaban J connectivity index is 1.48. The maximum atomic E-state index is 12.5. The number of aryl methyl sites for hydroxylation is 1.